The number of nitrogens with one attached hydrogen (secondary N) is 1. The third kappa shape index (κ3) is 4.84. The zero-order valence-corrected chi connectivity index (χ0v) is 19.8. The van der Waals surface area contributed by atoms with Crippen LogP contribution < -0.4 is 15.7 Å². The standard InChI is InChI=1S/C23H23ClFN5O2S/c1-3-4-19-27-21(26-12-14-5-8-16(32-2)9-6-14)20-22(28-19)29(23(31)30(20)33)13-15-7-10-17(24)18(25)11-15/h5-11,33H,3-4,12-13H2,1-2H3,(H,26,27,28). The smallest absolute Gasteiger partial charge is 0.340 e. The minimum absolute atomic E-state index is 0.0281. The van der Waals surface area contributed by atoms with Crippen LogP contribution in [0.4, 0.5) is 10.2 Å². The highest BCUT2D eigenvalue weighted by Crippen LogP contribution is 2.24. The molecule has 4 aromatic rings. The van der Waals surface area contributed by atoms with Crippen molar-refractivity contribution in [1.82, 2.24) is 18.5 Å². The highest BCUT2D eigenvalue weighted by atomic mass is 35.5. The van der Waals surface area contributed by atoms with E-state index in [1.165, 1.54) is 20.7 Å². The van der Waals surface area contributed by atoms with Gasteiger partial charge in [-0.15, -0.1) is 0 Å². The van der Waals surface area contributed by atoms with Crippen molar-refractivity contribution in [1.29, 1.82) is 0 Å². The third-order valence-corrected chi connectivity index (χ3v) is 5.89. The van der Waals surface area contributed by atoms with Gasteiger partial charge in [-0.25, -0.2) is 23.1 Å². The monoisotopic (exact) mass is 487 g/mol. The van der Waals surface area contributed by atoms with Gasteiger partial charge in [0.25, 0.3) is 0 Å². The van der Waals surface area contributed by atoms with Crippen LogP contribution in [0.15, 0.2) is 47.3 Å². The highest BCUT2D eigenvalue weighted by Gasteiger charge is 2.20. The van der Waals surface area contributed by atoms with Crippen molar-refractivity contribution < 1.29 is 9.13 Å². The molecule has 33 heavy (non-hydrogen) atoms. The van der Waals surface area contributed by atoms with Crippen LogP contribution in [-0.2, 0) is 19.5 Å². The summed E-state index contributed by atoms with van der Waals surface area (Å²) < 4.78 is 21.8. The van der Waals surface area contributed by atoms with Crippen LogP contribution >= 0.6 is 24.4 Å². The number of nitrogens with zero attached hydrogens (tertiary/aromatic N) is 4. The molecule has 0 atom stereocenters. The zero-order chi connectivity index (χ0) is 23.5. The number of thiol groups is 1. The first-order chi connectivity index (χ1) is 15.9. The SMILES string of the molecule is CCCc1nc(NCc2ccc(OC)cc2)c2c(n1)n(Cc1ccc(Cl)c(F)c1)c(=O)n2S. The molecule has 0 fully saturated rings. The molecule has 1 N–H and O–H groups in total. The van der Waals surface area contributed by atoms with Crippen LogP contribution in [0, 0.1) is 5.82 Å². The molecular weight excluding hydrogens is 465 g/mol. The molecule has 0 saturated heterocycles. The molecule has 0 radical (unpaired) electrons. The predicted molar refractivity (Wildman–Crippen MR) is 131 cm³/mol. The Morgan fingerprint density at radius 2 is 1.88 bits per heavy atom. The fourth-order valence-corrected chi connectivity index (χ4v) is 3.93. The van der Waals surface area contributed by atoms with Gasteiger partial charge in [-0.1, -0.05) is 49.5 Å². The van der Waals surface area contributed by atoms with Crippen LogP contribution in [-0.4, -0.2) is 25.6 Å². The molecule has 0 bridgehead atoms. The fraction of sp³-hybridized carbons (Fsp3) is 0.261. The summed E-state index contributed by atoms with van der Waals surface area (Å²) in [5.74, 6) is 1.35. The van der Waals surface area contributed by atoms with Crippen molar-refractivity contribution in [3.63, 3.8) is 0 Å². The number of aryl methyl sites for hydroxylation is 1. The average Bonchev–Trinajstić information content (AvgIpc) is 3.05. The molecule has 2 aromatic heterocycles. The van der Waals surface area contributed by atoms with Crippen molar-refractivity contribution in [2.45, 2.75) is 32.9 Å². The summed E-state index contributed by atoms with van der Waals surface area (Å²) >= 11 is 10.2. The minimum Gasteiger partial charge on any atom is -0.497 e. The number of methoxy groups -OCH3 is 1. The van der Waals surface area contributed by atoms with E-state index in [1.807, 2.05) is 31.2 Å². The van der Waals surface area contributed by atoms with E-state index in [4.69, 9.17) is 16.3 Å². The number of ether oxygens (including phenoxy) is 1. The summed E-state index contributed by atoms with van der Waals surface area (Å²) in [4.78, 5) is 22.3. The third-order valence-electron chi connectivity index (χ3n) is 5.21. The lowest BCUT2D eigenvalue weighted by molar-refractivity contribution is 0.414. The quantitative estimate of drug-likeness (QED) is 0.352. The Kier molecular flexibility index (Phi) is 6.90. The number of anilines is 1. The highest BCUT2D eigenvalue weighted by molar-refractivity contribution is 7.78. The molecule has 0 aliphatic heterocycles. The largest absolute Gasteiger partial charge is 0.497 e. The van der Waals surface area contributed by atoms with Crippen LogP contribution in [0.3, 0.4) is 0 Å². The van der Waals surface area contributed by atoms with Crippen LogP contribution in [0.2, 0.25) is 5.02 Å². The van der Waals surface area contributed by atoms with Gasteiger partial charge in [0.15, 0.2) is 11.5 Å². The summed E-state index contributed by atoms with van der Waals surface area (Å²) in [7, 11) is 1.62. The van der Waals surface area contributed by atoms with Gasteiger partial charge in [-0.3, -0.25) is 4.57 Å². The van der Waals surface area contributed by atoms with Gasteiger partial charge in [0.1, 0.15) is 22.9 Å². The van der Waals surface area contributed by atoms with Gasteiger partial charge in [-0.05, 0) is 41.8 Å². The summed E-state index contributed by atoms with van der Waals surface area (Å²) in [5, 5.41) is 3.34. The van der Waals surface area contributed by atoms with Crippen LogP contribution in [0.5, 0.6) is 5.75 Å². The van der Waals surface area contributed by atoms with E-state index in [0.29, 0.717) is 41.3 Å². The van der Waals surface area contributed by atoms with E-state index >= 15 is 0 Å². The lowest BCUT2D eigenvalue weighted by atomic mass is 10.2. The molecule has 0 spiro atoms. The van der Waals surface area contributed by atoms with E-state index in [1.54, 1.807) is 13.2 Å². The molecule has 0 unspecified atom stereocenters. The second kappa shape index (κ2) is 9.84. The van der Waals surface area contributed by atoms with E-state index in [2.05, 4.69) is 28.1 Å². The van der Waals surface area contributed by atoms with Crippen LogP contribution in [0.25, 0.3) is 11.2 Å². The van der Waals surface area contributed by atoms with Crippen LogP contribution in [0.1, 0.15) is 30.3 Å². The fourth-order valence-electron chi connectivity index (χ4n) is 3.52. The molecule has 0 amide bonds. The van der Waals surface area contributed by atoms with E-state index in [0.717, 1.165) is 17.7 Å². The van der Waals surface area contributed by atoms with E-state index in [-0.39, 0.29) is 17.3 Å². The molecule has 2 heterocycles. The van der Waals surface area contributed by atoms with Gasteiger partial charge >= 0.3 is 5.69 Å². The Labute approximate surface area is 200 Å². The Morgan fingerprint density at radius 3 is 2.55 bits per heavy atom. The van der Waals surface area contributed by atoms with Gasteiger partial charge < -0.3 is 10.1 Å². The maximum atomic E-state index is 14.0. The average molecular weight is 488 g/mol. The van der Waals surface area contributed by atoms with Gasteiger partial charge in [0.05, 0.1) is 18.7 Å². The van der Waals surface area contributed by atoms with Crippen molar-refractivity contribution in [2.75, 3.05) is 12.4 Å². The molecule has 2 aromatic carbocycles. The molecule has 4 rings (SSSR count). The molecule has 0 aliphatic carbocycles. The number of fused-ring (bicyclic) bond motifs is 1. The lowest BCUT2D eigenvalue weighted by Gasteiger charge is -2.11. The first kappa shape index (κ1) is 23.1. The first-order valence-corrected chi connectivity index (χ1v) is 11.2. The summed E-state index contributed by atoms with van der Waals surface area (Å²) in [5.41, 5.74) is 2.11. The van der Waals surface area contributed by atoms with Gasteiger partial charge in [0, 0.05) is 13.0 Å². The number of rotatable bonds is 8. The minimum atomic E-state index is -0.542. The normalized spacial score (nSPS) is 11.2. The maximum absolute atomic E-state index is 14.0. The molecule has 172 valence electrons. The summed E-state index contributed by atoms with van der Waals surface area (Å²) in [6, 6.07) is 12.1. The molecule has 7 nitrogen and oxygen atoms in total. The van der Waals surface area contributed by atoms with Gasteiger partial charge in [0.2, 0.25) is 0 Å². The maximum Gasteiger partial charge on any atom is 0.340 e. The predicted octanol–water partition coefficient (Wildman–Crippen LogP) is 4.70. The zero-order valence-electron chi connectivity index (χ0n) is 18.2. The van der Waals surface area contributed by atoms with Crippen molar-refractivity contribution >= 4 is 41.4 Å². The number of benzene rings is 2. The van der Waals surface area contributed by atoms with Crippen molar-refractivity contribution in [3.05, 3.63) is 80.7 Å². The second-order valence-corrected chi connectivity index (χ2v) is 8.35. The Bertz CT molecular complexity index is 1350. The number of hydrogen-bond donors (Lipinski definition) is 2. The van der Waals surface area contributed by atoms with Gasteiger partial charge in [-0.2, -0.15) is 0 Å². The number of halogens is 2. The molecule has 10 heteroatoms. The second-order valence-electron chi connectivity index (χ2n) is 7.54. The Morgan fingerprint density at radius 1 is 1.15 bits per heavy atom. The Hall–Kier alpha value is -3.04. The number of aromatic nitrogens is 4. The van der Waals surface area contributed by atoms with Crippen molar-refractivity contribution in [3.8, 4) is 5.75 Å². The number of imidazole rings is 1. The first-order valence-electron chi connectivity index (χ1n) is 10.4. The van der Waals surface area contributed by atoms with E-state index in [9.17, 15) is 9.18 Å². The Balaban J connectivity index is 1.75. The lowest BCUT2D eigenvalue weighted by Crippen LogP contribution is -2.21. The van der Waals surface area contributed by atoms with E-state index < -0.39 is 5.82 Å². The summed E-state index contributed by atoms with van der Waals surface area (Å²) in [6.45, 7) is 2.64. The topological polar surface area (TPSA) is 74.0 Å². The molecule has 0 saturated carbocycles. The number of hydrogen-bond acceptors (Lipinski definition) is 6. The molecular formula is C23H23ClFN5O2S. The molecule has 0 aliphatic rings. The van der Waals surface area contributed by atoms with Crippen molar-refractivity contribution in [2.24, 2.45) is 0 Å². The summed E-state index contributed by atoms with van der Waals surface area (Å²) in [6.07, 6.45) is 1.49.